The molecule has 0 aliphatic carbocycles. The number of nitrogens with zero attached hydrogens (tertiary/aromatic N) is 1. The average molecular weight is 493 g/mol. The van der Waals surface area contributed by atoms with Crippen LogP contribution in [-0.2, 0) is 18.4 Å². The number of hydrogen-bond donors (Lipinski definition) is 2. The average Bonchev–Trinajstić information content (AvgIpc) is 2.72. The maximum atomic E-state index is 12.3. The van der Waals surface area contributed by atoms with Crippen LogP contribution in [0.2, 0.25) is 0 Å². The molecule has 8 nitrogen and oxygen atoms in total. The highest BCUT2D eigenvalue weighted by Gasteiger charge is 2.23. The third-order valence-corrected chi connectivity index (χ3v) is 6.21. The highest BCUT2D eigenvalue weighted by Crippen LogP contribution is 2.38. The van der Waals surface area contributed by atoms with E-state index in [-0.39, 0.29) is 19.1 Å². The highest BCUT2D eigenvalue weighted by atomic mass is 31.2. The fourth-order valence-corrected chi connectivity index (χ4v) is 3.81. The monoisotopic (exact) mass is 492 g/mol. The Morgan fingerprint density at radius 1 is 1.03 bits per heavy atom. The van der Waals surface area contributed by atoms with E-state index in [9.17, 15) is 19.4 Å². The third kappa shape index (κ3) is 20.3. The molecule has 0 fully saturated rings. The number of likely N-dealkylation sites (N-methyl/N-ethyl adjacent to an activating group) is 1. The first kappa shape index (κ1) is 32.2. The number of allylic oxidation sites excluding steroid dienone is 1. The molecule has 2 N–H and O–H groups in total. The third-order valence-electron chi connectivity index (χ3n) is 5.25. The second-order valence-electron chi connectivity index (χ2n) is 9.70. The summed E-state index contributed by atoms with van der Waals surface area (Å²) in [4.78, 5) is 24.4. The van der Waals surface area contributed by atoms with Gasteiger partial charge in [0.1, 0.15) is 13.2 Å². The molecule has 0 aromatic heterocycles. The van der Waals surface area contributed by atoms with Crippen LogP contribution < -0.4 is 10.2 Å². The Morgan fingerprint density at radius 3 is 2.27 bits per heavy atom. The number of aliphatic hydroxyl groups excluding tert-OH is 1. The maximum Gasteiger partial charge on any atom is 0.268 e. The molecule has 3 atom stereocenters. The Balaban J connectivity index is 4.73. The van der Waals surface area contributed by atoms with Crippen LogP contribution >= 0.6 is 7.82 Å². The lowest BCUT2D eigenvalue weighted by molar-refractivity contribution is -0.870. The fraction of sp³-hybridized carbons (Fsp3) is 0.875. The van der Waals surface area contributed by atoms with Crippen molar-refractivity contribution in [3.05, 3.63) is 12.2 Å². The molecule has 3 unspecified atom stereocenters. The second-order valence-corrected chi connectivity index (χ2v) is 11.1. The minimum atomic E-state index is -4.54. The Morgan fingerprint density at radius 2 is 1.64 bits per heavy atom. The van der Waals surface area contributed by atoms with Gasteiger partial charge in [0.2, 0.25) is 5.91 Å². The molecule has 196 valence electrons. The first-order valence-corrected chi connectivity index (χ1v) is 14.0. The molecule has 0 heterocycles. The summed E-state index contributed by atoms with van der Waals surface area (Å²) in [6.45, 7) is 4.36. The first-order valence-electron chi connectivity index (χ1n) is 12.6. The molecule has 0 aromatic carbocycles. The van der Waals surface area contributed by atoms with E-state index in [0.29, 0.717) is 17.4 Å². The van der Waals surface area contributed by atoms with Crippen LogP contribution in [0.4, 0.5) is 0 Å². The lowest BCUT2D eigenvalue weighted by Crippen LogP contribution is -2.45. The van der Waals surface area contributed by atoms with Crippen molar-refractivity contribution in [1.29, 1.82) is 0 Å². The summed E-state index contributed by atoms with van der Waals surface area (Å²) < 4.78 is 22.6. The van der Waals surface area contributed by atoms with E-state index in [2.05, 4.69) is 19.2 Å². The van der Waals surface area contributed by atoms with Crippen molar-refractivity contribution in [2.75, 3.05) is 40.9 Å². The number of rotatable bonds is 21. The van der Waals surface area contributed by atoms with Gasteiger partial charge in [0.25, 0.3) is 7.82 Å². The summed E-state index contributed by atoms with van der Waals surface area (Å²) in [6.07, 6.45) is 13.4. The normalized spacial score (nSPS) is 16.0. The number of quaternary nitrogens is 1. The van der Waals surface area contributed by atoms with Gasteiger partial charge < -0.3 is 28.8 Å². The summed E-state index contributed by atoms with van der Waals surface area (Å²) >= 11 is 0. The largest absolute Gasteiger partial charge is 0.756 e. The zero-order chi connectivity index (χ0) is 25.2. The van der Waals surface area contributed by atoms with E-state index in [4.69, 9.17) is 9.05 Å². The smallest absolute Gasteiger partial charge is 0.268 e. The van der Waals surface area contributed by atoms with Crippen LogP contribution in [0.5, 0.6) is 0 Å². The van der Waals surface area contributed by atoms with Crippen molar-refractivity contribution >= 4 is 13.7 Å². The van der Waals surface area contributed by atoms with E-state index in [0.717, 1.165) is 38.5 Å². The van der Waals surface area contributed by atoms with Crippen molar-refractivity contribution in [3.63, 3.8) is 0 Å². The molecule has 9 heteroatoms. The number of hydrogen-bond acceptors (Lipinski definition) is 6. The molecule has 33 heavy (non-hydrogen) atoms. The second kappa shape index (κ2) is 18.6. The van der Waals surface area contributed by atoms with Crippen molar-refractivity contribution in [1.82, 2.24) is 5.32 Å². The zero-order valence-electron chi connectivity index (χ0n) is 21.6. The summed E-state index contributed by atoms with van der Waals surface area (Å²) in [7, 11) is 1.25. The van der Waals surface area contributed by atoms with Gasteiger partial charge in [-0.05, 0) is 19.3 Å². The van der Waals surface area contributed by atoms with Gasteiger partial charge in [-0.1, -0.05) is 70.9 Å². The van der Waals surface area contributed by atoms with Crippen LogP contribution in [0.1, 0.15) is 84.5 Å². The molecule has 0 bridgehead atoms. The standard InChI is InChI=1S/C24H49N2O6P/c1-6-8-10-11-12-13-14-16-17-23(27)22(25-24(28)18-15-9-7-2)21-32-33(29,30)31-20-19-26(3,4)5/h16-17,22-23,27H,6-15,18-21H2,1-5H3,(H-,25,28,29,30)/b17-16+. The van der Waals surface area contributed by atoms with Gasteiger partial charge in [0.15, 0.2) is 0 Å². The number of amides is 1. The van der Waals surface area contributed by atoms with Crippen molar-refractivity contribution < 1.29 is 32.9 Å². The van der Waals surface area contributed by atoms with Gasteiger partial charge in [-0.3, -0.25) is 9.36 Å². The number of unbranched alkanes of at least 4 members (excludes halogenated alkanes) is 8. The van der Waals surface area contributed by atoms with E-state index in [1.807, 2.05) is 27.2 Å². The van der Waals surface area contributed by atoms with Crippen LogP contribution in [-0.4, -0.2) is 68.5 Å². The molecule has 0 rings (SSSR count). The van der Waals surface area contributed by atoms with Gasteiger partial charge in [0, 0.05) is 6.42 Å². The Hall–Kier alpha value is -0.760. The summed E-state index contributed by atoms with van der Waals surface area (Å²) in [5, 5.41) is 13.3. The highest BCUT2D eigenvalue weighted by molar-refractivity contribution is 7.45. The molecular weight excluding hydrogens is 443 g/mol. The number of aliphatic hydroxyl groups is 1. The van der Waals surface area contributed by atoms with Crippen LogP contribution in [0, 0.1) is 0 Å². The molecule has 1 amide bonds. The topological polar surface area (TPSA) is 108 Å². The SMILES string of the molecule is CCCCCCCC/C=C/C(O)C(COP(=O)([O-])OCC[N+](C)(C)C)NC(=O)CCCCC. The number of carbonyl (C=O) groups is 1. The zero-order valence-corrected chi connectivity index (χ0v) is 22.5. The van der Waals surface area contributed by atoms with Gasteiger partial charge in [0.05, 0.1) is 39.9 Å². The quantitative estimate of drug-likeness (QED) is 0.109. The Kier molecular flexibility index (Phi) is 18.1. The number of nitrogens with one attached hydrogen (secondary N) is 1. The van der Waals surface area contributed by atoms with Crippen molar-refractivity contribution in [3.8, 4) is 0 Å². The van der Waals surface area contributed by atoms with Crippen LogP contribution in [0.3, 0.4) is 0 Å². The lowest BCUT2D eigenvalue weighted by Gasteiger charge is -2.29. The molecular formula is C24H49N2O6P. The van der Waals surface area contributed by atoms with Gasteiger partial charge >= 0.3 is 0 Å². The Bertz CT molecular complexity index is 580. The number of phosphoric ester groups is 1. The molecule has 0 saturated carbocycles. The summed E-state index contributed by atoms with van der Waals surface area (Å²) in [5.74, 6) is -0.230. The fourth-order valence-electron chi connectivity index (χ4n) is 3.09. The summed E-state index contributed by atoms with van der Waals surface area (Å²) in [5.41, 5.74) is 0. The molecule has 0 saturated heterocycles. The van der Waals surface area contributed by atoms with Crippen LogP contribution in [0.25, 0.3) is 0 Å². The van der Waals surface area contributed by atoms with Gasteiger partial charge in [-0.15, -0.1) is 0 Å². The molecule has 0 aliphatic heterocycles. The van der Waals surface area contributed by atoms with Crippen molar-refractivity contribution in [2.45, 2.75) is 96.6 Å². The van der Waals surface area contributed by atoms with E-state index < -0.39 is 20.0 Å². The van der Waals surface area contributed by atoms with E-state index in [1.165, 1.54) is 25.7 Å². The minimum absolute atomic E-state index is 0.000959. The predicted molar refractivity (Wildman–Crippen MR) is 132 cm³/mol. The Labute approximate surface area is 201 Å². The predicted octanol–water partition coefficient (Wildman–Crippen LogP) is 3.93. The van der Waals surface area contributed by atoms with Crippen molar-refractivity contribution in [2.24, 2.45) is 0 Å². The number of carbonyl (C=O) groups excluding carboxylic acids is 1. The van der Waals surface area contributed by atoms with Gasteiger partial charge in [-0.25, -0.2) is 0 Å². The molecule has 0 aliphatic rings. The van der Waals surface area contributed by atoms with Crippen LogP contribution in [0.15, 0.2) is 12.2 Å². The maximum absolute atomic E-state index is 12.3. The molecule has 0 radical (unpaired) electrons. The van der Waals surface area contributed by atoms with Gasteiger partial charge in [-0.2, -0.15) is 0 Å². The molecule has 0 spiro atoms. The van der Waals surface area contributed by atoms with E-state index >= 15 is 0 Å². The first-order chi connectivity index (χ1) is 15.5. The lowest BCUT2D eigenvalue weighted by atomic mass is 10.1. The van der Waals surface area contributed by atoms with E-state index in [1.54, 1.807) is 6.08 Å². The molecule has 0 aromatic rings. The number of phosphoric acid groups is 1. The minimum Gasteiger partial charge on any atom is -0.756 e. The summed E-state index contributed by atoms with van der Waals surface area (Å²) in [6, 6.07) is -0.871.